The van der Waals surface area contributed by atoms with Gasteiger partial charge in [-0.25, -0.2) is 0 Å². The minimum absolute atomic E-state index is 0.0107. The fourth-order valence-corrected chi connectivity index (χ4v) is 1.99. The first-order valence-electron chi connectivity index (χ1n) is 7.22. The van der Waals surface area contributed by atoms with E-state index in [-0.39, 0.29) is 17.8 Å². The molecule has 0 aliphatic rings. The molecule has 1 unspecified atom stereocenters. The Morgan fingerprint density at radius 2 is 1.90 bits per heavy atom. The second kappa shape index (κ2) is 7.52. The van der Waals surface area contributed by atoms with E-state index in [0.29, 0.717) is 12.5 Å². The maximum absolute atomic E-state index is 12.9. The lowest BCUT2D eigenvalue weighted by Crippen LogP contribution is -2.17. The van der Waals surface area contributed by atoms with Gasteiger partial charge in [0, 0.05) is 12.6 Å². The molecule has 0 aliphatic heterocycles. The number of nitrogens with one attached hydrogen (secondary N) is 1. The number of aromatic nitrogens is 1. The molecule has 0 saturated carbocycles. The Labute approximate surface area is 123 Å². The predicted octanol–water partition coefficient (Wildman–Crippen LogP) is 4.74. The van der Waals surface area contributed by atoms with Gasteiger partial charge in [0.25, 0.3) is 0 Å². The zero-order valence-corrected chi connectivity index (χ0v) is 12.9. The summed E-state index contributed by atoms with van der Waals surface area (Å²) in [5.41, 5.74) is -0.747. The maximum atomic E-state index is 12.9. The second-order valence-corrected chi connectivity index (χ2v) is 5.56. The molecule has 3 nitrogen and oxygen atoms in total. The lowest BCUT2D eigenvalue weighted by molar-refractivity contribution is -0.137. The quantitative estimate of drug-likeness (QED) is 0.790. The van der Waals surface area contributed by atoms with Gasteiger partial charge in [-0.15, -0.1) is 0 Å². The standard InChI is InChI=1S/C15H23F3N2O/c1-5-6-19-13-8-12(15(16,17)18)9-14(20-13)21-11(4)7-10(2)3/h8-11H,5-7H2,1-4H3,(H,19,20). The minimum atomic E-state index is -4.41. The monoisotopic (exact) mass is 304 g/mol. The van der Waals surface area contributed by atoms with Crippen molar-refractivity contribution in [2.24, 2.45) is 5.92 Å². The van der Waals surface area contributed by atoms with Crippen LogP contribution < -0.4 is 10.1 Å². The Morgan fingerprint density at radius 1 is 1.24 bits per heavy atom. The van der Waals surface area contributed by atoms with Crippen molar-refractivity contribution in [1.82, 2.24) is 4.98 Å². The largest absolute Gasteiger partial charge is 0.475 e. The second-order valence-electron chi connectivity index (χ2n) is 5.56. The number of hydrogen-bond acceptors (Lipinski definition) is 3. The van der Waals surface area contributed by atoms with Crippen LogP contribution in [-0.4, -0.2) is 17.6 Å². The Morgan fingerprint density at radius 3 is 2.43 bits per heavy atom. The average molecular weight is 304 g/mol. The molecule has 0 aliphatic carbocycles. The highest BCUT2D eigenvalue weighted by Gasteiger charge is 2.32. The first-order valence-corrected chi connectivity index (χ1v) is 7.22. The zero-order valence-electron chi connectivity index (χ0n) is 12.9. The molecule has 1 rings (SSSR count). The van der Waals surface area contributed by atoms with Crippen molar-refractivity contribution in [3.63, 3.8) is 0 Å². The maximum Gasteiger partial charge on any atom is 0.416 e. The molecule has 1 aromatic rings. The van der Waals surface area contributed by atoms with Gasteiger partial charge in [-0.1, -0.05) is 20.8 Å². The van der Waals surface area contributed by atoms with Crippen LogP contribution in [0.15, 0.2) is 12.1 Å². The van der Waals surface area contributed by atoms with Crippen molar-refractivity contribution in [1.29, 1.82) is 0 Å². The van der Waals surface area contributed by atoms with E-state index in [0.717, 1.165) is 25.0 Å². The molecule has 0 aromatic carbocycles. The van der Waals surface area contributed by atoms with Gasteiger partial charge in [-0.05, 0) is 31.7 Å². The van der Waals surface area contributed by atoms with Crippen molar-refractivity contribution in [2.45, 2.75) is 52.8 Å². The molecule has 120 valence electrons. The molecule has 0 saturated heterocycles. The SMILES string of the molecule is CCCNc1cc(C(F)(F)F)cc(OC(C)CC(C)C)n1. The first-order chi connectivity index (χ1) is 9.72. The van der Waals surface area contributed by atoms with Crippen molar-refractivity contribution in [3.05, 3.63) is 17.7 Å². The smallest absolute Gasteiger partial charge is 0.416 e. The number of rotatable bonds is 7. The van der Waals surface area contributed by atoms with Crippen LogP contribution in [0.4, 0.5) is 19.0 Å². The summed E-state index contributed by atoms with van der Waals surface area (Å²) in [6.45, 7) is 8.40. The summed E-state index contributed by atoms with van der Waals surface area (Å²) in [6.07, 6.45) is -3.03. The van der Waals surface area contributed by atoms with Crippen LogP contribution in [0.5, 0.6) is 5.88 Å². The van der Waals surface area contributed by atoms with Gasteiger partial charge < -0.3 is 10.1 Å². The number of alkyl halides is 3. The van der Waals surface area contributed by atoms with E-state index in [1.165, 1.54) is 0 Å². The summed E-state index contributed by atoms with van der Waals surface area (Å²) in [7, 11) is 0. The average Bonchev–Trinajstić information content (AvgIpc) is 2.33. The summed E-state index contributed by atoms with van der Waals surface area (Å²) < 4.78 is 44.2. The van der Waals surface area contributed by atoms with E-state index in [9.17, 15) is 13.2 Å². The Balaban J connectivity index is 2.95. The van der Waals surface area contributed by atoms with Crippen LogP contribution in [-0.2, 0) is 6.18 Å². The lowest BCUT2D eigenvalue weighted by Gasteiger charge is -2.18. The van der Waals surface area contributed by atoms with E-state index >= 15 is 0 Å². The highest BCUT2D eigenvalue weighted by Crippen LogP contribution is 2.33. The molecule has 0 spiro atoms. The molecular formula is C15H23F3N2O. The van der Waals surface area contributed by atoms with Crippen molar-refractivity contribution in [3.8, 4) is 5.88 Å². The van der Waals surface area contributed by atoms with Crippen LogP contribution in [0.25, 0.3) is 0 Å². The van der Waals surface area contributed by atoms with Gasteiger partial charge in [0.05, 0.1) is 11.7 Å². The number of hydrogen-bond donors (Lipinski definition) is 1. The first kappa shape index (κ1) is 17.6. The van der Waals surface area contributed by atoms with Crippen molar-refractivity contribution >= 4 is 5.82 Å². The van der Waals surface area contributed by atoms with Gasteiger partial charge in [0.1, 0.15) is 5.82 Å². The van der Waals surface area contributed by atoms with Crippen molar-refractivity contribution < 1.29 is 17.9 Å². The summed E-state index contributed by atoms with van der Waals surface area (Å²) in [6, 6.07) is 1.96. The highest BCUT2D eigenvalue weighted by molar-refractivity contribution is 5.42. The number of anilines is 1. The summed E-state index contributed by atoms with van der Waals surface area (Å²) in [5.74, 6) is 0.610. The molecular weight excluding hydrogens is 281 g/mol. The number of halogens is 3. The third-order valence-electron chi connectivity index (χ3n) is 2.81. The van der Waals surface area contributed by atoms with Gasteiger partial charge in [-0.3, -0.25) is 0 Å². The van der Waals surface area contributed by atoms with E-state index in [4.69, 9.17) is 4.74 Å². The molecule has 21 heavy (non-hydrogen) atoms. The number of nitrogens with zero attached hydrogens (tertiary/aromatic N) is 1. The minimum Gasteiger partial charge on any atom is -0.475 e. The van der Waals surface area contributed by atoms with Gasteiger partial charge >= 0.3 is 6.18 Å². The normalized spacial score (nSPS) is 13.3. The Bertz CT molecular complexity index is 447. The Hall–Kier alpha value is -1.46. The van der Waals surface area contributed by atoms with Crippen LogP contribution in [0, 0.1) is 5.92 Å². The fourth-order valence-electron chi connectivity index (χ4n) is 1.99. The van der Waals surface area contributed by atoms with Gasteiger partial charge in [0.2, 0.25) is 5.88 Å². The molecule has 0 bridgehead atoms. The third-order valence-corrected chi connectivity index (χ3v) is 2.81. The molecule has 1 N–H and O–H groups in total. The summed E-state index contributed by atoms with van der Waals surface area (Å²) in [5, 5.41) is 2.87. The Kier molecular flexibility index (Phi) is 6.30. The number of pyridine rings is 1. The van der Waals surface area contributed by atoms with Gasteiger partial charge in [-0.2, -0.15) is 18.2 Å². The number of ether oxygens (including phenoxy) is 1. The zero-order chi connectivity index (χ0) is 16.0. The highest BCUT2D eigenvalue weighted by atomic mass is 19.4. The third kappa shape index (κ3) is 6.23. The molecule has 0 fully saturated rings. The van der Waals surface area contributed by atoms with Crippen molar-refractivity contribution in [2.75, 3.05) is 11.9 Å². The summed E-state index contributed by atoms with van der Waals surface area (Å²) >= 11 is 0. The predicted molar refractivity (Wildman–Crippen MR) is 77.6 cm³/mol. The van der Waals surface area contributed by atoms with Crippen LogP contribution in [0.3, 0.4) is 0 Å². The fraction of sp³-hybridized carbons (Fsp3) is 0.667. The topological polar surface area (TPSA) is 34.1 Å². The van der Waals surface area contributed by atoms with Crippen LogP contribution >= 0.6 is 0 Å². The molecule has 1 aromatic heterocycles. The lowest BCUT2D eigenvalue weighted by atomic mass is 10.1. The molecule has 1 atom stereocenters. The van der Waals surface area contributed by atoms with E-state index < -0.39 is 11.7 Å². The van der Waals surface area contributed by atoms with Crippen LogP contribution in [0.1, 0.15) is 46.1 Å². The molecule has 6 heteroatoms. The summed E-state index contributed by atoms with van der Waals surface area (Å²) in [4.78, 5) is 4.10. The van der Waals surface area contributed by atoms with E-state index in [1.807, 2.05) is 27.7 Å². The molecule has 0 amide bonds. The van der Waals surface area contributed by atoms with Crippen LogP contribution in [0.2, 0.25) is 0 Å². The van der Waals surface area contributed by atoms with E-state index in [2.05, 4.69) is 10.3 Å². The van der Waals surface area contributed by atoms with Gasteiger partial charge in [0.15, 0.2) is 0 Å². The molecule has 1 heterocycles. The van der Waals surface area contributed by atoms with E-state index in [1.54, 1.807) is 0 Å². The molecule has 0 radical (unpaired) electrons.